The molecule has 1 aromatic heterocycles. The van der Waals surface area contributed by atoms with Crippen LogP contribution in [0.5, 0.6) is 0 Å². The number of thioether (sulfide) groups is 1. The van der Waals surface area contributed by atoms with Gasteiger partial charge in [0.15, 0.2) is 0 Å². The molecule has 5 nitrogen and oxygen atoms in total. The van der Waals surface area contributed by atoms with Crippen molar-refractivity contribution in [3.05, 3.63) is 64.3 Å². The average Bonchev–Trinajstić information content (AvgIpc) is 2.40. The fraction of sp³-hybridized carbons (Fsp3) is 0. The fourth-order valence-electron chi connectivity index (χ4n) is 1.28. The lowest BCUT2D eigenvalue weighted by molar-refractivity contribution is -0.384. The van der Waals surface area contributed by atoms with Crippen molar-refractivity contribution >= 4 is 22.6 Å². The number of nitrogens with zero attached hydrogens (tertiary/aromatic N) is 2. The third kappa shape index (κ3) is 2.92. The van der Waals surface area contributed by atoms with E-state index in [1.54, 1.807) is 24.4 Å². The van der Waals surface area contributed by atoms with E-state index in [-0.39, 0.29) is 10.8 Å². The number of carbonyl (C=O) groups excluding carboxylic acids is 1. The first-order valence-corrected chi connectivity index (χ1v) is 5.86. The summed E-state index contributed by atoms with van der Waals surface area (Å²) >= 11 is 0.991. The van der Waals surface area contributed by atoms with Crippen molar-refractivity contribution in [2.24, 2.45) is 0 Å². The number of non-ortho nitro benzene ring substituents is 1. The van der Waals surface area contributed by atoms with Crippen molar-refractivity contribution in [2.45, 2.75) is 5.03 Å². The van der Waals surface area contributed by atoms with Gasteiger partial charge in [-0.15, -0.1) is 0 Å². The Morgan fingerprint density at radius 2 is 1.89 bits per heavy atom. The molecule has 0 atom stereocenters. The number of hydrogen-bond donors (Lipinski definition) is 0. The molecule has 6 heteroatoms. The lowest BCUT2D eigenvalue weighted by atomic mass is 10.2. The highest BCUT2D eigenvalue weighted by Crippen LogP contribution is 2.21. The summed E-state index contributed by atoms with van der Waals surface area (Å²) in [4.78, 5) is 25.9. The normalized spacial score (nSPS) is 10.0. The van der Waals surface area contributed by atoms with E-state index in [2.05, 4.69) is 4.98 Å². The lowest BCUT2D eigenvalue weighted by Crippen LogP contribution is -1.95. The van der Waals surface area contributed by atoms with E-state index in [0.717, 1.165) is 11.8 Å². The second-order valence-electron chi connectivity index (χ2n) is 3.36. The van der Waals surface area contributed by atoms with Gasteiger partial charge in [0.05, 0.1) is 4.92 Å². The van der Waals surface area contributed by atoms with Gasteiger partial charge in [-0.3, -0.25) is 14.9 Å². The van der Waals surface area contributed by atoms with Gasteiger partial charge in [-0.05, 0) is 36.0 Å². The van der Waals surface area contributed by atoms with E-state index in [1.165, 1.54) is 24.3 Å². The molecule has 2 aromatic rings. The summed E-state index contributed by atoms with van der Waals surface area (Å²) < 4.78 is 0. The standard InChI is InChI=1S/C12H8N2O3S/c15-12(18-11-3-1-2-8-13-11)9-4-6-10(7-5-9)14(16)17/h1-8H. The number of carbonyl (C=O) groups is 1. The highest BCUT2D eigenvalue weighted by molar-refractivity contribution is 8.14. The molecule has 1 heterocycles. The zero-order chi connectivity index (χ0) is 13.0. The Kier molecular flexibility index (Phi) is 3.69. The fourth-order valence-corrected chi connectivity index (χ4v) is 1.98. The van der Waals surface area contributed by atoms with Crippen LogP contribution in [0.3, 0.4) is 0 Å². The Morgan fingerprint density at radius 1 is 1.17 bits per heavy atom. The Labute approximate surface area is 107 Å². The molecule has 0 aliphatic carbocycles. The summed E-state index contributed by atoms with van der Waals surface area (Å²) in [6.07, 6.45) is 1.60. The third-order valence-electron chi connectivity index (χ3n) is 2.15. The van der Waals surface area contributed by atoms with Crippen molar-refractivity contribution in [3.8, 4) is 0 Å². The summed E-state index contributed by atoms with van der Waals surface area (Å²) in [6, 6.07) is 10.8. The number of nitro benzene ring substituents is 1. The topological polar surface area (TPSA) is 73.1 Å². The van der Waals surface area contributed by atoms with E-state index in [9.17, 15) is 14.9 Å². The Bertz CT molecular complexity index is 570. The van der Waals surface area contributed by atoms with Crippen LogP contribution < -0.4 is 0 Å². The van der Waals surface area contributed by atoms with Gasteiger partial charge in [0.2, 0.25) is 5.12 Å². The Morgan fingerprint density at radius 3 is 2.44 bits per heavy atom. The molecule has 0 aliphatic rings. The van der Waals surface area contributed by atoms with Gasteiger partial charge >= 0.3 is 0 Å². The minimum absolute atomic E-state index is 0.0330. The van der Waals surface area contributed by atoms with Crippen LogP contribution in [0, 0.1) is 10.1 Å². The Balaban J connectivity index is 2.12. The van der Waals surface area contributed by atoms with Gasteiger partial charge in [0.25, 0.3) is 5.69 Å². The van der Waals surface area contributed by atoms with E-state index < -0.39 is 4.92 Å². The molecule has 0 spiro atoms. The highest BCUT2D eigenvalue weighted by atomic mass is 32.2. The number of hydrogen-bond acceptors (Lipinski definition) is 5. The van der Waals surface area contributed by atoms with Gasteiger partial charge in [-0.2, -0.15) is 0 Å². The van der Waals surface area contributed by atoms with Gasteiger partial charge < -0.3 is 0 Å². The number of rotatable bonds is 3. The molecule has 0 radical (unpaired) electrons. The number of pyridine rings is 1. The number of nitro groups is 1. The van der Waals surface area contributed by atoms with Crippen LogP contribution in [0.1, 0.15) is 10.4 Å². The van der Waals surface area contributed by atoms with Crippen molar-refractivity contribution in [1.82, 2.24) is 4.98 Å². The van der Waals surface area contributed by atoms with Gasteiger partial charge in [0.1, 0.15) is 5.03 Å². The summed E-state index contributed by atoms with van der Waals surface area (Å²) in [7, 11) is 0. The molecule has 0 saturated carbocycles. The molecule has 2 rings (SSSR count). The van der Waals surface area contributed by atoms with Crippen molar-refractivity contribution in [1.29, 1.82) is 0 Å². The van der Waals surface area contributed by atoms with Crippen LogP contribution in [0.15, 0.2) is 53.7 Å². The van der Waals surface area contributed by atoms with Crippen LogP contribution in [-0.4, -0.2) is 15.0 Å². The second kappa shape index (κ2) is 5.42. The third-order valence-corrected chi connectivity index (χ3v) is 3.02. The van der Waals surface area contributed by atoms with Crippen molar-refractivity contribution < 1.29 is 9.72 Å². The van der Waals surface area contributed by atoms with Gasteiger partial charge in [0, 0.05) is 23.9 Å². The largest absolute Gasteiger partial charge is 0.281 e. The molecular formula is C12H8N2O3S. The molecule has 0 amide bonds. The summed E-state index contributed by atoms with van der Waals surface area (Å²) in [5.41, 5.74) is 0.380. The zero-order valence-corrected chi connectivity index (χ0v) is 9.96. The molecule has 90 valence electrons. The van der Waals surface area contributed by atoms with Crippen LogP contribution in [0.4, 0.5) is 5.69 Å². The van der Waals surface area contributed by atoms with Crippen molar-refractivity contribution in [3.63, 3.8) is 0 Å². The smallest absolute Gasteiger partial charge is 0.269 e. The number of aromatic nitrogens is 1. The first-order valence-electron chi connectivity index (χ1n) is 5.04. The molecule has 18 heavy (non-hydrogen) atoms. The minimum Gasteiger partial charge on any atom is -0.281 e. The first kappa shape index (κ1) is 12.3. The molecule has 0 aliphatic heterocycles. The van der Waals surface area contributed by atoms with Crippen LogP contribution >= 0.6 is 11.8 Å². The predicted octanol–water partition coefficient (Wildman–Crippen LogP) is 2.92. The van der Waals surface area contributed by atoms with E-state index >= 15 is 0 Å². The average molecular weight is 260 g/mol. The second-order valence-corrected chi connectivity index (χ2v) is 4.35. The zero-order valence-electron chi connectivity index (χ0n) is 9.15. The van der Waals surface area contributed by atoms with E-state index in [4.69, 9.17) is 0 Å². The van der Waals surface area contributed by atoms with Gasteiger partial charge in [-0.25, -0.2) is 4.98 Å². The summed E-state index contributed by atoms with van der Waals surface area (Å²) in [5.74, 6) is 0. The highest BCUT2D eigenvalue weighted by Gasteiger charge is 2.11. The lowest BCUT2D eigenvalue weighted by Gasteiger charge is -1.99. The molecule has 0 unspecified atom stereocenters. The molecule has 0 N–H and O–H groups in total. The SMILES string of the molecule is O=C(Sc1ccccn1)c1ccc([N+](=O)[O-])cc1. The molecule has 1 aromatic carbocycles. The quantitative estimate of drug-likeness (QED) is 0.482. The maximum Gasteiger partial charge on any atom is 0.269 e. The van der Waals surface area contributed by atoms with Gasteiger partial charge in [-0.1, -0.05) is 6.07 Å². The Hall–Kier alpha value is -2.21. The molecule has 0 saturated heterocycles. The first-order chi connectivity index (χ1) is 8.66. The maximum atomic E-state index is 11.8. The van der Waals surface area contributed by atoms with E-state index in [1.807, 2.05) is 0 Å². The molecule has 0 bridgehead atoms. The summed E-state index contributed by atoms with van der Waals surface area (Å²) in [6.45, 7) is 0. The number of benzene rings is 1. The molecular weight excluding hydrogens is 252 g/mol. The minimum atomic E-state index is -0.500. The van der Waals surface area contributed by atoms with Crippen LogP contribution in [-0.2, 0) is 0 Å². The van der Waals surface area contributed by atoms with Crippen LogP contribution in [0.25, 0.3) is 0 Å². The van der Waals surface area contributed by atoms with Crippen molar-refractivity contribution in [2.75, 3.05) is 0 Å². The summed E-state index contributed by atoms with van der Waals surface area (Å²) in [5, 5.41) is 10.9. The maximum absolute atomic E-state index is 11.8. The van der Waals surface area contributed by atoms with Crippen LogP contribution in [0.2, 0.25) is 0 Å². The predicted molar refractivity (Wildman–Crippen MR) is 67.5 cm³/mol. The van der Waals surface area contributed by atoms with E-state index in [0.29, 0.717) is 10.6 Å². The molecule has 0 fully saturated rings. The monoisotopic (exact) mass is 260 g/mol.